The van der Waals surface area contributed by atoms with Crippen molar-refractivity contribution < 1.29 is 0 Å². The highest BCUT2D eigenvalue weighted by Crippen LogP contribution is 2.23. The molecule has 0 amide bonds. The van der Waals surface area contributed by atoms with Gasteiger partial charge in [0.15, 0.2) is 0 Å². The molecule has 0 aromatic heterocycles. The van der Waals surface area contributed by atoms with Crippen molar-refractivity contribution in [3.05, 3.63) is 12.3 Å². The van der Waals surface area contributed by atoms with Crippen LogP contribution in [0.4, 0.5) is 0 Å². The quantitative estimate of drug-likeness (QED) is 0.484. The van der Waals surface area contributed by atoms with Gasteiger partial charge in [0.1, 0.15) is 7.38 Å². The van der Waals surface area contributed by atoms with E-state index in [1.807, 2.05) is 0 Å². The molecule has 3 heteroatoms. The first-order chi connectivity index (χ1) is 4.77. The maximum Gasteiger partial charge on any atom is 0.150 e. The van der Waals surface area contributed by atoms with E-state index < -0.39 is 15.5 Å². The second-order valence-corrected chi connectivity index (χ2v) is 16.3. The van der Waals surface area contributed by atoms with Gasteiger partial charge in [-0.05, 0) is 6.04 Å². The van der Waals surface area contributed by atoms with Crippen LogP contribution in [0.2, 0.25) is 38.3 Å². The van der Waals surface area contributed by atoms with Gasteiger partial charge in [0.2, 0.25) is 0 Å². The fourth-order valence-electron chi connectivity index (χ4n) is 0.721. The molecule has 0 aliphatic rings. The Balaban J connectivity index is 3.79. The Labute approximate surface area is 77.4 Å². The van der Waals surface area contributed by atoms with Crippen LogP contribution >= 0.6 is 11.1 Å². The summed E-state index contributed by atoms with van der Waals surface area (Å²) in [6.45, 7) is 13.0. The molecular formula is C8H19ClSi2. The third-order valence-corrected chi connectivity index (χ3v) is 7.07. The van der Waals surface area contributed by atoms with Gasteiger partial charge in [-0.25, -0.2) is 0 Å². The Morgan fingerprint density at radius 3 is 1.91 bits per heavy atom. The molecular weight excluding hydrogens is 188 g/mol. The van der Waals surface area contributed by atoms with Crippen LogP contribution in [0.1, 0.15) is 0 Å². The summed E-state index contributed by atoms with van der Waals surface area (Å²) in [5, 5.41) is 0. The van der Waals surface area contributed by atoms with E-state index in [1.54, 1.807) is 0 Å². The Bertz CT molecular complexity index is 136. The minimum Gasteiger partial charge on any atom is -0.168 e. The molecule has 0 atom stereocenters. The minimum absolute atomic E-state index is 1.07. The first-order valence-electron chi connectivity index (χ1n) is 4.09. The van der Waals surface area contributed by atoms with Gasteiger partial charge >= 0.3 is 0 Å². The summed E-state index contributed by atoms with van der Waals surface area (Å²) >= 11 is 6.22. The van der Waals surface area contributed by atoms with E-state index in [2.05, 4.69) is 38.5 Å². The van der Waals surface area contributed by atoms with E-state index in [0.717, 1.165) is 0 Å². The first-order valence-corrected chi connectivity index (χ1v) is 11.6. The zero-order chi connectivity index (χ0) is 9.12. The normalized spacial score (nSPS) is 13.2. The summed E-state index contributed by atoms with van der Waals surface area (Å²) in [4.78, 5) is 0. The fourth-order valence-corrected chi connectivity index (χ4v) is 6.73. The number of hydrogen-bond acceptors (Lipinski definition) is 0. The molecule has 0 fully saturated rings. The minimum atomic E-state index is -1.32. The lowest BCUT2D eigenvalue weighted by molar-refractivity contribution is 1.31. The zero-order valence-corrected chi connectivity index (χ0v) is 10.8. The molecule has 0 unspecified atom stereocenters. The van der Waals surface area contributed by atoms with Gasteiger partial charge in [0, 0.05) is 0 Å². The van der Waals surface area contributed by atoms with Gasteiger partial charge in [-0.1, -0.05) is 32.2 Å². The Kier molecular flexibility index (Phi) is 4.08. The van der Waals surface area contributed by atoms with Gasteiger partial charge < -0.3 is 0 Å². The molecule has 66 valence electrons. The van der Waals surface area contributed by atoms with Gasteiger partial charge in [-0.3, -0.25) is 0 Å². The highest BCUT2D eigenvalue weighted by molar-refractivity contribution is 7.19. The Hall–Kier alpha value is 0.464. The molecule has 0 saturated heterocycles. The average Bonchev–Trinajstić information content (AvgIpc) is 1.83. The van der Waals surface area contributed by atoms with Crippen LogP contribution in [-0.2, 0) is 0 Å². The molecule has 0 N–H and O–H groups in total. The molecule has 0 saturated carbocycles. The van der Waals surface area contributed by atoms with Crippen molar-refractivity contribution in [2.24, 2.45) is 0 Å². The number of rotatable bonds is 4. The second kappa shape index (κ2) is 3.92. The molecule has 0 radical (unpaired) electrons. The lowest BCUT2D eigenvalue weighted by Crippen LogP contribution is -2.26. The van der Waals surface area contributed by atoms with Gasteiger partial charge in [0.05, 0.1) is 8.07 Å². The summed E-state index contributed by atoms with van der Waals surface area (Å²) in [6.07, 6.45) is 0. The summed E-state index contributed by atoms with van der Waals surface area (Å²) in [5.41, 5.74) is 2.16. The molecule has 0 nitrogen and oxygen atoms in total. The highest BCUT2D eigenvalue weighted by atomic mass is 35.6. The standard InChI is InChI=1S/C8H19ClSi2/c1-6-10(2,3)7-8-11(4,5)9/h6H,1,7-8H2,2-5H3. The van der Waals surface area contributed by atoms with Crippen LogP contribution < -0.4 is 0 Å². The van der Waals surface area contributed by atoms with Crippen LogP contribution in [0.3, 0.4) is 0 Å². The van der Waals surface area contributed by atoms with Crippen molar-refractivity contribution in [3.63, 3.8) is 0 Å². The molecule has 0 aliphatic carbocycles. The van der Waals surface area contributed by atoms with E-state index in [9.17, 15) is 0 Å². The molecule has 0 rings (SSSR count). The largest absolute Gasteiger partial charge is 0.168 e. The Morgan fingerprint density at radius 1 is 1.18 bits per heavy atom. The predicted molar refractivity (Wildman–Crippen MR) is 60.6 cm³/mol. The van der Waals surface area contributed by atoms with Crippen LogP contribution in [0.5, 0.6) is 0 Å². The van der Waals surface area contributed by atoms with Crippen molar-refractivity contribution in [1.82, 2.24) is 0 Å². The van der Waals surface area contributed by atoms with Crippen molar-refractivity contribution in [3.8, 4) is 0 Å². The van der Waals surface area contributed by atoms with Crippen molar-refractivity contribution in [2.75, 3.05) is 0 Å². The molecule has 0 bridgehead atoms. The monoisotopic (exact) mass is 206 g/mol. The van der Waals surface area contributed by atoms with E-state index in [4.69, 9.17) is 11.1 Å². The first kappa shape index (κ1) is 11.5. The topological polar surface area (TPSA) is 0 Å². The lowest BCUT2D eigenvalue weighted by atomic mass is 10.9. The van der Waals surface area contributed by atoms with E-state index in [-0.39, 0.29) is 0 Å². The number of hydrogen-bond donors (Lipinski definition) is 0. The smallest absolute Gasteiger partial charge is 0.150 e. The third-order valence-electron chi connectivity index (χ3n) is 1.92. The SMILES string of the molecule is C=C[Si](C)(C)CC[Si](C)(C)Cl. The van der Waals surface area contributed by atoms with Crippen LogP contribution in [-0.4, -0.2) is 15.5 Å². The zero-order valence-electron chi connectivity index (χ0n) is 8.08. The molecule has 0 aliphatic heterocycles. The third kappa shape index (κ3) is 6.85. The second-order valence-electron chi connectivity index (χ2n) is 4.41. The molecule has 0 heterocycles. The van der Waals surface area contributed by atoms with Crippen molar-refractivity contribution >= 4 is 26.5 Å². The molecule has 11 heavy (non-hydrogen) atoms. The Morgan fingerprint density at radius 2 is 1.64 bits per heavy atom. The molecule has 0 aromatic rings. The summed E-state index contributed by atoms with van der Waals surface area (Å²) < 4.78 is 0. The summed E-state index contributed by atoms with van der Waals surface area (Å²) in [7, 11) is -2.40. The maximum atomic E-state index is 6.22. The average molecular weight is 207 g/mol. The molecule has 0 spiro atoms. The van der Waals surface area contributed by atoms with Crippen LogP contribution in [0.15, 0.2) is 12.3 Å². The van der Waals surface area contributed by atoms with E-state index in [0.29, 0.717) is 0 Å². The van der Waals surface area contributed by atoms with Crippen LogP contribution in [0.25, 0.3) is 0 Å². The van der Waals surface area contributed by atoms with Gasteiger partial charge in [-0.15, -0.1) is 12.3 Å². The van der Waals surface area contributed by atoms with Crippen molar-refractivity contribution in [2.45, 2.75) is 38.3 Å². The van der Waals surface area contributed by atoms with E-state index in [1.165, 1.54) is 12.1 Å². The lowest BCUT2D eigenvalue weighted by Gasteiger charge is -2.21. The fraction of sp³-hybridized carbons (Fsp3) is 0.750. The molecule has 0 aromatic carbocycles. The van der Waals surface area contributed by atoms with E-state index >= 15 is 0 Å². The van der Waals surface area contributed by atoms with Crippen LogP contribution in [0, 0.1) is 0 Å². The summed E-state index contributed by atoms with van der Waals surface area (Å²) in [5.74, 6) is 0. The predicted octanol–water partition coefficient (Wildman–Crippen LogP) is 3.86. The highest BCUT2D eigenvalue weighted by Gasteiger charge is 2.23. The maximum absolute atomic E-state index is 6.22. The van der Waals surface area contributed by atoms with Crippen molar-refractivity contribution in [1.29, 1.82) is 0 Å². The van der Waals surface area contributed by atoms with Gasteiger partial charge in [0.25, 0.3) is 0 Å². The number of halogens is 1. The van der Waals surface area contributed by atoms with Gasteiger partial charge in [-0.2, -0.15) is 11.1 Å². The summed E-state index contributed by atoms with van der Waals surface area (Å²) in [6, 6.07) is 2.54.